The number of esters is 1. The highest BCUT2D eigenvalue weighted by Gasteiger charge is 2.09. The summed E-state index contributed by atoms with van der Waals surface area (Å²) in [5, 5.41) is 0. The Labute approximate surface area is 113 Å². The Kier molecular flexibility index (Phi) is 6.22. The van der Waals surface area contributed by atoms with Gasteiger partial charge >= 0.3 is 5.97 Å². The fraction of sp³-hybridized carbons (Fsp3) is 0.500. The Hall–Kier alpha value is -1.00. The Balaban J connectivity index is 2.40. The van der Waals surface area contributed by atoms with Gasteiger partial charge in [0.25, 0.3) is 0 Å². The average molecular weight is 267 g/mol. The third-order valence-corrected chi connectivity index (χ3v) is 3.89. The molecule has 0 bridgehead atoms. The molecule has 0 saturated heterocycles. The molecule has 0 fully saturated rings. The van der Waals surface area contributed by atoms with Gasteiger partial charge in [-0.05, 0) is 25.0 Å². The fourth-order valence-electron chi connectivity index (χ4n) is 1.80. The second-order valence-electron chi connectivity index (χ2n) is 4.37. The SMILES string of the molecule is COC(=O)CCSCC(N)c1ccc(C)cc1C. The summed E-state index contributed by atoms with van der Waals surface area (Å²) in [5.41, 5.74) is 9.83. The van der Waals surface area contributed by atoms with Crippen molar-refractivity contribution in [2.24, 2.45) is 5.73 Å². The number of aryl methyl sites for hydroxylation is 2. The van der Waals surface area contributed by atoms with E-state index in [1.807, 2.05) is 0 Å². The van der Waals surface area contributed by atoms with Crippen LogP contribution in [0, 0.1) is 13.8 Å². The molecule has 0 spiro atoms. The standard InChI is InChI=1S/C14H21NO2S/c1-10-4-5-12(11(2)8-10)13(15)9-18-7-6-14(16)17-3/h4-5,8,13H,6-7,9,15H2,1-3H3. The largest absolute Gasteiger partial charge is 0.469 e. The van der Waals surface area contributed by atoms with Crippen molar-refractivity contribution in [3.8, 4) is 0 Å². The predicted octanol–water partition coefficient (Wildman–Crippen LogP) is 2.60. The zero-order chi connectivity index (χ0) is 13.5. The van der Waals surface area contributed by atoms with Crippen molar-refractivity contribution in [3.05, 3.63) is 34.9 Å². The van der Waals surface area contributed by atoms with Crippen LogP contribution >= 0.6 is 11.8 Å². The molecule has 0 aliphatic heterocycles. The van der Waals surface area contributed by atoms with Gasteiger partial charge in [0.2, 0.25) is 0 Å². The van der Waals surface area contributed by atoms with E-state index in [1.54, 1.807) is 11.8 Å². The van der Waals surface area contributed by atoms with E-state index in [0.29, 0.717) is 6.42 Å². The van der Waals surface area contributed by atoms with Crippen LogP contribution in [0.25, 0.3) is 0 Å². The number of methoxy groups -OCH3 is 1. The van der Waals surface area contributed by atoms with Gasteiger partial charge in [0.1, 0.15) is 0 Å². The summed E-state index contributed by atoms with van der Waals surface area (Å²) < 4.78 is 4.59. The first kappa shape index (κ1) is 15.1. The molecule has 0 radical (unpaired) electrons. The molecule has 1 aromatic carbocycles. The van der Waals surface area contributed by atoms with Gasteiger partial charge in [-0.1, -0.05) is 23.8 Å². The van der Waals surface area contributed by atoms with Crippen LogP contribution in [-0.4, -0.2) is 24.6 Å². The Morgan fingerprint density at radius 1 is 1.44 bits per heavy atom. The molecule has 0 aromatic heterocycles. The van der Waals surface area contributed by atoms with Crippen molar-refractivity contribution in [2.75, 3.05) is 18.6 Å². The van der Waals surface area contributed by atoms with Crippen molar-refractivity contribution in [1.29, 1.82) is 0 Å². The predicted molar refractivity (Wildman–Crippen MR) is 76.8 cm³/mol. The molecule has 18 heavy (non-hydrogen) atoms. The third-order valence-electron chi connectivity index (χ3n) is 2.80. The first-order valence-electron chi connectivity index (χ1n) is 6.02. The molecule has 0 aliphatic rings. The van der Waals surface area contributed by atoms with E-state index in [4.69, 9.17) is 5.73 Å². The quantitative estimate of drug-likeness (QED) is 0.636. The summed E-state index contributed by atoms with van der Waals surface area (Å²) >= 11 is 1.69. The maximum Gasteiger partial charge on any atom is 0.306 e. The van der Waals surface area contributed by atoms with Gasteiger partial charge in [0.15, 0.2) is 0 Å². The molecular weight excluding hydrogens is 246 g/mol. The molecule has 100 valence electrons. The summed E-state index contributed by atoms with van der Waals surface area (Å²) in [6.07, 6.45) is 0.445. The van der Waals surface area contributed by atoms with E-state index in [0.717, 1.165) is 11.5 Å². The van der Waals surface area contributed by atoms with Crippen molar-refractivity contribution < 1.29 is 9.53 Å². The lowest BCUT2D eigenvalue weighted by molar-refractivity contribution is -0.140. The lowest BCUT2D eigenvalue weighted by Crippen LogP contribution is -2.15. The highest BCUT2D eigenvalue weighted by molar-refractivity contribution is 7.99. The molecule has 2 N–H and O–H groups in total. The normalized spacial score (nSPS) is 12.2. The van der Waals surface area contributed by atoms with E-state index >= 15 is 0 Å². The zero-order valence-corrected chi connectivity index (χ0v) is 12.0. The molecule has 1 unspecified atom stereocenters. The smallest absolute Gasteiger partial charge is 0.306 e. The number of thioether (sulfide) groups is 1. The molecule has 0 saturated carbocycles. The van der Waals surface area contributed by atoms with Gasteiger partial charge in [0, 0.05) is 17.5 Å². The molecule has 1 aromatic rings. The highest BCUT2D eigenvalue weighted by atomic mass is 32.2. The molecule has 1 rings (SSSR count). The minimum Gasteiger partial charge on any atom is -0.469 e. The monoisotopic (exact) mass is 267 g/mol. The Morgan fingerprint density at radius 3 is 2.78 bits per heavy atom. The lowest BCUT2D eigenvalue weighted by Gasteiger charge is -2.14. The number of benzene rings is 1. The van der Waals surface area contributed by atoms with E-state index < -0.39 is 0 Å². The number of carbonyl (C=O) groups excluding carboxylic acids is 1. The van der Waals surface area contributed by atoms with Crippen molar-refractivity contribution in [2.45, 2.75) is 26.3 Å². The zero-order valence-electron chi connectivity index (χ0n) is 11.2. The Bertz CT molecular complexity index is 407. The maximum absolute atomic E-state index is 11.0. The number of carbonyl (C=O) groups is 1. The van der Waals surface area contributed by atoms with Gasteiger partial charge in [-0.2, -0.15) is 11.8 Å². The number of rotatable bonds is 6. The number of hydrogen-bond donors (Lipinski definition) is 1. The topological polar surface area (TPSA) is 52.3 Å². The van der Waals surface area contributed by atoms with Crippen molar-refractivity contribution in [3.63, 3.8) is 0 Å². The molecule has 3 nitrogen and oxygen atoms in total. The summed E-state index contributed by atoms with van der Waals surface area (Å²) in [5.74, 6) is 1.41. The van der Waals surface area contributed by atoms with Crippen molar-refractivity contribution >= 4 is 17.7 Å². The fourth-order valence-corrected chi connectivity index (χ4v) is 2.71. The summed E-state index contributed by atoms with van der Waals surface area (Å²) in [4.78, 5) is 11.0. The maximum atomic E-state index is 11.0. The van der Waals surface area contributed by atoms with Crippen LogP contribution < -0.4 is 5.73 Å². The van der Waals surface area contributed by atoms with Crippen LogP contribution in [0.5, 0.6) is 0 Å². The Morgan fingerprint density at radius 2 is 2.17 bits per heavy atom. The second kappa shape index (κ2) is 7.44. The summed E-state index contributed by atoms with van der Waals surface area (Å²) in [6.45, 7) is 4.16. The van der Waals surface area contributed by atoms with Gasteiger partial charge in [-0.3, -0.25) is 4.79 Å². The summed E-state index contributed by atoms with van der Waals surface area (Å²) in [7, 11) is 1.41. The van der Waals surface area contributed by atoms with Crippen LogP contribution in [0.4, 0.5) is 0 Å². The second-order valence-corrected chi connectivity index (χ2v) is 5.52. The molecule has 0 heterocycles. The lowest BCUT2D eigenvalue weighted by atomic mass is 10.0. The van der Waals surface area contributed by atoms with Crippen LogP contribution in [0.2, 0.25) is 0 Å². The number of hydrogen-bond acceptors (Lipinski definition) is 4. The first-order chi connectivity index (χ1) is 8.54. The van der Waals surface area contributed by atoms with Gasteiger partial charge < -0.3 is 10.5 Å². The minimum atomic E-state index is -0.164. The number of ether oxygens (including phenoxy) is 1. The molecule has 4 heteroatoms. The average Bonchev–Trinajstić information content (AvgIpc) is 2.34. The van der Waals surface area contributed by atoms with E-state index in [1.165, 1.54) is 23.8 Å². The van der Waals surface area contributed by atoms with Crippen LogP contribution in [-0.2, 0) is 9.53 Å². The number of nitrogens with two attached hydrogens (primary N) is 1. The molecular formula is C14H21NO2S. The minimum absolute atomic E-state index is 0.0215. The highest BCUT2D eigenvalue weighted by Crippen LogP contribution is 2.21. The van der Waals surface area contributed by atoms with Gasteiger partial charge in [-0.15, -0.1) is 0 Å². The molecule has 1 atom stereocenters. The molecule has 0 amide bonds. The van der Waals surface area contributed by atoms with Crippen LogP contribution in [0.3, 0.4) is 0 Å². The van der Waals surface area contributed by atoms with Crippen molar-refractivity contribution in [1.82, 2.24) is 0 Å². The third kappa shape index (κ3) is 4.70. The molecule has 0 aliphatic carbocycles. The van der Waals surface area contributed by atoms with E-state index in [9.17, 15) is 4.79 Å². The van der Waals surface area contributed by atoms with E-state index in [2.05, 4.69) is 36.8 Å². The first-order valence-corrected chi connectivity index (χ1v) is 7.17. The van der Waals surface area contributed by atoms with Crippen LogP contribution in [0.1, 0.15) is 29.2 Å². The van der Waals surface area contributed by atoms with Crippen LogP contribution in [0.15, 0.2) is 18.2 Å². The van der Waals surface area contributed by atoms with Gasteiger partial charge in [0.05, 0.1) is 13.5 Å². The summed E-state index contributed by atoms with van der Waals surface area (Å²) in [6, 6.07) is 6.35. The van der Waals surface area contributed by atoms with E-state index in [-0.39, 0.29) is 12.0 Å². The van der Waals surface area contributed by atoms with Gasteiger partial charge in [-0.25, -0.2) is 0 Å².